The zero-order valence-electron chi connectivity index (χ0n) is 10.8. The molecule has 0 fully saturated rings. The van der Waals surface area contributed by atoms with Gasteiger partial charge in [-0.2, -0.15) is 0 Å². The molecule has 3 nitrogen and oxygen atoms in total. The summed E-state index contributed by atoms with van der Waals surface area (Å²) in [7, 11) is 2.04. The molecule has 0 spiro atoms. The predicted octanol–water partition coefficient (Wildman–Crippen LogP) is 3.25. The van der Waals surface area contributed by atoms with Gasteiger partial charge in [0.1, 0.15) is 0 Å². The van der Waals surface area contributed by atoms with Crippen LogP contribution in [0.15, 0.2) is 23.7 Å². The largest absolute Gasteiger partial charge is 0.319 e. The van der Waals surface area contributed by atoms with Crippen molar-refractivity contribution in [1.82, 2.24) is 10.3 Å². The summed E-state index contributed by atoms with van der Waals surface area (Å²) in [5, 5.41) is 7.21. The average Bonchev–Trinajstić information content (AvgIpc) is 2.84. The number of thiazole rings is 1. The minimum Gasteiger partial charge on any atom is -0.319 e. The smallest absolute Gasteiger partial charge is 0.189 e. The summed E-state index contributed by atoms with van der Waals surface area (Å²) in [6, 6.07) is 4.16. The zero-order valence-corrected chi connectivity index (χ0v) is 12.4. The lowest BCUT2D eigenvalue weighted by molar-refractivity contribution is 0.711. The van der Waals surface area contributed by atoms with Crippen LogP contribution in [0, 0.1) is 0 Å². The molecule has 3 rings (SSSR count). The van der Waals surface area contributed by atoms with Gasteiger partial charge >= 0.3 is 0 Å². The zero-order chi connectivity index (χ0) is 13.2. The van der Waals surface area contributed by atoms with Crippen molar-refractivity contribution in [2.75, 3.05) is 25.0 Å². The van der Waals surface area contributed by atoms with Crippen LogP contribution in [0.5, 0.6) is 0 Å². The Morgan fingerprint density at radius 3 is 2.95 bits per heavy atom. The van der Waals surface area contributed by atoms with Crippen molar-refractivity contribution in [3.63, 3.8) is 0 Å². The summed E-state index contributed by atoms with van der Waals surface area (Å²) in [5.41, 5.74) is 3.86. The van der Waals surface area contributed by atoms with E-state index in [1.165, 1.54) is 11.1 Å². The molecule has 1 aromatic heterocycles. The normalized spacial score (nSPS) is 14.8. The number of hydrogen-bond acceptors (Lipinski definition) is 4. The van der Waals surface area contributed by atoms with Crippen LogP contribution in [0.25, 0.3) is 0 Å². The van der Waals surface area contributed by atoms with E-state index in [0.717, 1.165) is 41.8 Å². The quantitative estimate of drug-likeness (QED) is 0.921. The van der Waals surface area contributed by atoms with E-state index in [1.54, 1.807) is 11.3 Å². The summed E-state index contributed by atoms with van der Waals surface area (Å²) in [6.45, 7) is 2.04. The van der Waals surface area contributed by atoms with Gasteiger partial charge in [0, 0.05) is 18.6 Å². The molecule has 5 heteroatoms. The van der Waals surface area contributed by atoms with Gasteiger partial charge in [-0.05, 0) is 43.1 Å². The highest BCUT2D eigenvalue weighted by molar-refractivity contribution is 7.13. The van der Waals surface area contributed by atoms with Crippen LogP contribution in [0.2, 0.25) is 5.02 Å². The van der Waals surface area contributed by atoms with Crippen molar-refractivity contribution in [3.8, 4) is 0 Å². The Balaban J connectivity index is 2.09. The Labute approximate surface area is 122 Å². The number of nitrogens with one attached hydrogen (secondary N) is 1. The van der Waals surface area contributed by atoms with E-state index in [0.29, 0.717) is 0 Å². The molecule has 0 bridgehead atoms. The van der Waals surface area contributed by atoms with Gasteiger partial charge in [0.25, 0.3) is 0 Å². The topological polar surface area (TPSA) is 28.2 Å². The third-order valence-corrected chi connectivity index (χ3v) is 4.65. The summed E-state index contributed by atoms with van der Waals surface area (Å²) < 4.78 is 0. The van der Waals surface area contributed by atoms with Crippen molar-refractivity contribution >= 4 is 33.8 Å². The van der Waals surface area contributed by atoms with E-state index < -0.39 is 0 Å². The van der Waals surface area contributed by atoms with E-state index in [9.17, 15) is 0 Å². The maximum atomic E-state index is 6.44. The van der Waals surface area contributed by atoms with E-state index in [4.69, 9.17) is 11.6 Å². The maximum Gasteiger partial charge on any atom is 0.189 e. The molecule has 2 aromatic rings. The van der Waals surface area contributed by atoms with Crippen LogP contribution in [0.1, 0.15) is 11.1 Å². The van der Waals surface area contributed by atoms with Crippen LogP contribution in [0.3, 0.4) is 0 Å². The fourth-order valence-electron chi connectivity index (χ4n) is 2.56. The molecule has 1 aliphatic rings. The van der Waals surface area contributed by atoms with Gasteiger partial charge in [-0.3, -0.25) is 0 Å². The minimum absolute atomic E-state index is 0.804. The number of fused-ring (bicyclic) bond motifs is 1. The molecule has 1 aliphatic heterocycles. The van der Waals surface area contributed by atoms with Crippen LogP contribution < -0.4 is 10.2 Å². The lowest BCUT2D eigenvalue weighted by Crippen LogP contribution is -2.17. The molecule has 100 valence electrons. The van der Waals surface area contributed by atoms with Gasteiger partial charge in [-0.25, -0.2) is 4.98 Å². The Morgan fingerprint density at radius 1 is 1.32 bits per heavy atom. The predicted molar refractivity (Wildman–Crippen MR) is 81.9 cm³/mol. The van der Waals surface area contributed by atoms with E-state index in [1.807, 2.05) is 24.7 Å². The summed E-state index contributed by atoms with van der Waals surface area (Å²) in [5.74, 6) is 0. The minimum atomic E-state index is 0.804. The summed E-state index contributed by atoms with van der Waals surface area (Å²) in [6.07, 6.45) is 3.90. The van der Waals surface area contributed by atoms with Crippen LogP contribution in [0.4, 0.5) is 10.8 Å². The van der Waals surface area contributed by atoms with Crippen molar-refractivity contribution in [2.24, 2.45) is 0 Å². The molecule has 0 saturated heterocycles. The SMILES string of the molecule is CN(c1nccs1)c1c(Cl)ccc2c1CCNCC2. The first-order valence-corrected chi connectivity index (χ1v) is 7.67. The van der Waals surface area contributed by atoms with E-state index in [2.05, 4.69) is 21.3 Å². The Bertz CT molecular complexity index is 568. The van der Waals surface area contributed by atoms with Crippen molar-refractivity contribution < 1.29 is 0 Å². The van der Waals surface area contributed by atoms with Gasteiger partial charge in [-0.15, -0.1) is 11.3 Å². The maximum absolute atomic E-state index is 6.44. The van der Waals surface area contributed by atoms with Crippen LogP contribution >= 0.6 is 22.9 Å². The number of benzene rings is 1. The molecule has 1 aromatic carbocycles. The van der Waals surface area contributed by atoms with Gasteiger partial charge < -0.3 is 10.2 Å². The Morgan fingerprint density at radius 2 is 2.16 bits per heavy atom. The monoisotopic (exact) mass is 293 g/mol. The fourth-order valence-corrected chi connectivity index (χ4v) is 3.48. The molecule has 0 saturated carbocycles. The van der Waals surface area contributed by atoms with Gasteiger partial charge in [0.2, 0.25) is 0 Å². The number of nitrogens with zero attached hydrogens (tertiary/aromatic N) is 2. The number of rotatable bonds is 2. The number of halogens is 1. The number of hydrogen-bond donors (Lipinski definition) is 1. The summed E-state index contributed by atoms with van der Waals surface area (Å²) in [4.78, 5) is 6.48. The first kappa shape index (κ1) is 12.9. The number of anilines is 2. The fraction of sp³-hybridized carbons (Fsp3) is 0.357. The molecule has 2 heterocycles. The second-order valence-electron chi connectivity index (χ2n) is 4.66. The first-order valence-electron chi connectivity index (χ1n) is 6.41. The highest BCUT2D eigenvalue weighted by Gasteiger charge is 2.19. The average molecular weight is 294 g/mol. The lowest BCUT2D eigenvalue weighted by Gasteiger charge is -2.22. The second kappa shape index (κ2) is 5.49. The Hall–Kier alpha value is -1.10. The van der Waals surface area contributed by atoms with Crippen molar-refractivity contribution in [2.45, 2.75) is 12.8 Å². The van der Waals surface area contributed by atoms with Gasteiger partial charge in [0.15, 0.2) is 5.13 Å². The highest BCUT2D eigenvalue weighted by Crippen LogP contribution is 2.37. The first-order chi connectivity index (χ1) is 9.27. The highest BCUT2D eigenvalue weighted by atomic mass is 35.5. The van der Waals surface area contributed by atoms with E-state index >= 15 is 0 Å². The standard InChI is InChI=1S/C14H16ClN3S/c1-18(14-17-8-9-19-14)13-11-5-7-16-6-4-10(11)2-3-12(13)15/h2-3,8-9,16H,4-7H2,1H3. The van der Waals surface area contributed by atoms with Crippen LogP contribution in [-0.4, -0.2) is 25.1 Å². The lowest BCUT2D eigenvalue weighted by atomic mass is 10.0. The number of aromatic nitrogens is 1. The molecular formula is C14H16ClN3S. The molecule has 19 heavy (non-hydrogen) atoms. The molecule has 0 amide bonds. The molecule has 0 unspecified atom stereocenters. The molecular weight excluding hydrogens is 278 g/mol. The molecule has 0 radical (unpaired) electrons. The van der Waals surface area contributed by atoms with Crippen molar-refractivity contribution in [3.05, 3.63) is 39.9 Å². The third kappa shape index (κ3) is 2.48. The van der Waals surface area contributed by atoms with Gasteiger partial charge in [-0.1, -0.05) is 17.7 Å². The molecule has 0 aliphatic carbocycles. The Kier molecular flexibility index (Phi) is 3.73. The third-order valence-electron chi connectivity index (χ3n) is 3.50. The van der Waals surface area contributed by atoms with Gasteiger partial charge in [0.05, 0.1) is 10.7 Å². The van der Waals surface area contributed by atoms with E-state index in [-0.39, 0.29) is 0 Å². The second-order valence-corrected chi connectivity index (χ2v) is 5.94. The van der Waals surface area contributed by atoms with Crippen LogP contribution in [-0.2, 0) is 12.8 Å². The summed E-state index contributed by atoms with van der Waals surface area (Å²) >= 11 is 8.07. The molecule has 0 atom stereocenters. The molecule has 1 N–H and O–H groups in total. The van der Waals surface area contributed by atoms with Crippen molar-refractivity contribution in [1.29, 1.82) is 0 Å².